The number of nitrogens with zero attached hydrogens (tertiary/aromatic N) is 5. The van der Waals surface area contributed by atoms with E-state index in [-0.39, 0.29) is 5.91 Å². The number of rotatable bonds is 4. The van der Waals surface area contributed by atoms with E-state index in [1.54, 1.807) is 23.7 Å². The van der Waals surface area contributed by atoms with Crippen molar-refractivity contribution in [2.75, 3.05) is 26.2 Å². The van der Waals surface area contributed by atoms with Gasteiger partial charge in [-0.05, 0) is 12.3 Å². The second-order valence-corrected chi connectivity index (χ2v) is 7.28. The molecule has 1 aliphatic rings. The zero-order chi connectivity index (χ0) is 16.9. The maximum Gasteiger partial charge on any atom is 0.274 e. The van der Waals surface area contributed by atoms with Crippen LogP contribution in [-0.2, 0) is 6.54 Å². The van der Waals surface area contributed by atoms with Gasteiger partial charge < -0.3 is 4.90 Å². The van der Waals surface area contributed by atoms with E-state index in [1.165, 1.54) is 11.9 Å². The summed E-state index contributed by atoms with van der Waals surface area (Å²) < 4.78 is 0. The third-order valence-corrected chi connectivity index (χ3v) is 5.03. The molecule has 0 radical (unpaired) electrons. The lowest BCUT2D eigenvalue weighted by Crippen LogP contribution is -2.35. The van der Waals surface area contributed by atoms with Gasteiger partial charge in [0.15, 0.2) is 0 Å². The van der Waals surface area contributed by atoms with Crippen LogP contribution in [-0.4, -0.2) is 56.8 Å². The molecule has 0 spiro atoms. The van der Waals surface area contributed by atoms with E-state index in [1.807, 2.05) is 4.90 Å². The van der Waals surface area contributed by atoms with E-state index >= 15 is 0 Å². The Hall–Kier alpha value is -1.86. The minimum absolute atomic E-state index is 0.0266. The fraction of sp³-hybridized carbons (Fsp3) is 0.529. The molecule has 6 nitrogen and oxygen atoms in total. The largest absolute Gasteiger partial charge is 0.336 e. The van der Waals surface area contributed by atoms with Crippen molar-refractivity contribution < 1.29 is 4.79 Å². The predicted octanol–water partition coefficient (Wildman–Crippen LogP) is 2.40. The number of carbonyl (C=O) groups is 1. The summed E-state index contributed by atoms with van der Waals surface area (Å²) in [5.41, 5.74) is 1.59. The van der Waals surface area contributed by atoms with Crippen LogP contribution in [0.2, 0.25) is 0 Å². The van der Waals surface area contributed by atoms with Gasteiger partial charge in [0.1, 0.15) is 10.7 Å². The Balaban J connectivity index is 1.57. The fourth-order valence-corrected chi connectivity index (χ4v) is 3.75. The van der Waals surface area contributed by atoms with E-state index in [9.17, 15) is 4.79 Å². The molecule has 1 saturated heterocycles. The Morgan fingerprint density at radius 2 is 2.12 bits per heavy atom. The average Bonchev–Trinajstić information content (AvgIpc) is 2.94. The molecule has 0 bridgehead atoms. The van der Waals surface area contributed by atoms with Gasteiger partial charge >= 0.3 is 0 Å². The lowest BCUT2D eigenvalue weighted by Gasteiger charge is -2.21. The van der Waals surface area contributed by atoms with Gasteiger partial charge in [-0.2, -0.15) is 0 Å². The number of hydrogen-bond acceptors (Lipinski definition) is 6. The standard InChI is InChI=1S/C17H23N5OS/c1-13(2)15-12-24-16(20-15)11-21-6-3-7-22(9-8-21)17(23)14-10-18-4-5-19-14/h4-5,10,12-13H,3,6-9,11H2,1-2H3. The van der Waals surface area contributed by atoms with Crippen LogP contribution in [0.15, 0.2) is 24.0 Å². The molecule has 0 saturated carbocycles. The maximum atomic E-state index is 12.5. The minimum atomic E-state index is -0.0266. The molecule has 1 aliphatic heterocycles. The smallest absolute Gasteiger partial charge is 0.274 e. The van der Waals surface area contributed by atoms with Crippen LogP contribution in [0.4, 0.5) is 0 Å². The lowest BCUT2D eigenvalue weighted by atomic mass is 10.2. The Bertz CT molecular complexity index is 673. The molecule has 24 heavy (non-hydrogen) atoms. The van der Waals surface area contributed by atoms with Crippen LogP contribution in [0, 0.1) is 0 Å². The van der Waals surface area contributed by atoms with Crippen molar-refractivity contribution >= 4 is 17.2 Å². The second-order valence-electron chi connectivity index (χ2n) is 6.33. The van der Waals surface area contributed by atoms with Gasteiger partial charge in [-0.25, -0.2) is 9.97 Å². The van der Waals surface area contributed by atoms with Gasteiger partial charge in [-0.1, -0.05) is 13.8 Å². The van der Waals surface area contributed by atoms with Crippen LogP contribution < -0.4 is 0 Å². The first-order valence-electron chi connectivity index (χ1n) is 8.35. The molecule has 1 amide bonds. The highest BCUT2D eigenvalue weighted by atomic mass is 32.1. The second kappa shape index (κ2) is 7.81. The Morgan fingerprint density at radius 1 is 1.25 bits per heavy atom. The maximum absolute atomic E-state index is 12.5. The minimum Gasteiger partial charge on any atom is -0.336 e. The summed E-state index contributed by atoms with van der Waals surface area (Å²) in [6.07, 6.45) is 5.65. The lowest BCUT2D eigenvalue weighted by molar-refractivity contribution is 0.0754. The molecular formula is C17H23N5OS. The van der Waals surface area contributed by atoms with Crippen molar-refractivity contribution in [2.24, 2.45) is 0 Å². The molecule has 2 aromatic rings. The van der Waals surface area contributed by atoms with E-state index in [0.29, 0.717) is 11.6 Å². The molecule has 0 N–H and O–H groups in total. The average molecular weight is 345 g/mol. The van der Waals surface area contributed by atoms with Gasteiger partial charge in [0, 0.05) is 44.0 Å². The Kier molecular flexibility index (Phi) is 5.52. The first kappa shape index (κ1) is 17.0. The van der Waals surface area contributed by atoms with Crippen molar-refractivity contribution in [3.63, 3.8) is 0 Å². The number of carbonyl (C=O) groups excluding carboxylic acids is 1. The van der Waals surface area contributed by atoms with E-state index in [0.717, 1.165) is 44.2 Å². The van der Waals surface area contributed by atoms with Crippen LogP contribution >= 0.6 is 11.3 Å². The van der Waals surface area contributed by atoms with Gasteiger partial charge in [0.05, 0.1) is 18.4 Å². The SMILES string of the molecule is CC(C)c1csc(CN2CCCN(C(=O)c3cnccn3)CC2)n1. The molecule has 0 atom stereocenters. The first-order valence-corrected chi connectivity index (χ1v) is 9.23. The van der Waals surface area contributed by atoms with Crippen molar-refractivity contribution in [2.45, 2.75) is 32.7 Å². The van der Waals surface area contributed by atoms with Crippen LogP contribution in [0.5, 0.6) is 0 Å². The monoisotopic (exact) mass is 345 g/mol. The topological polar surface area (TPSA) is 62.2 Å². The summed E-state index contributed by atoms with van der Waals surface area (Å²) in [4.78, 5) is 29.6. The molecule has 2 aromatic heterocycles. The van der Waals surface area contributed by atoms with E-state index in [4.69, 9.17) is 4.98 Å². The van der Waals surface area contributed by atoms with Crippen LogP contribution in [0.1, 0.15) is 47.4 Å². The molecule has 3 rings (SSSR count). The van der Waals surface area contributed by atoms with Gasteiger partial charge in [0.2, 0.25) is 0 Å². The third kappa shape index (κ3) is 4.15. The number of aromatic nitrogens is 3. The Morgan fingerprint density at radius 3 is 2.83 bits per heavy atom. The molecule has 0 aliphatic carbocycles. The van der Waals surface area contributed by atoms with Crippen LogP contribution in [0.3, 0.4) is 0 Å². The molecule has 7 heteroatoms. The van der Waals surface area contributed by atoms with Gasteiger partial charge in [-0.15, -0.1) is 11.3 Å². The van der Waals surface area contributed by atoms with Gasteiger partial charge in [-0.3, -0.25) is 14.7 Å². The van der Waals surface area contributed by atoms with Crippen molar-refractivity contribution in [3.8, 4) is 0 Å². The Labute approximate surface area is 146 Å². The first-order chi connectivity index (χ1) is 11.6. The normalized spacial score (nSPS) is 16.4. The highest BCUT2D eigenvalue weighted by Gasteiger charge is 2.21. The summed E-state index contributed by atoms with van der Waals surface area (Å²) in [6.45, 7) is 8.54. The predicted molar refractivity (Wildman–Crippen MR) is 94.0 cm³/mol. The summed E-state index contributed by atoms with van der Waals surface area (Å²) in [6, 6.07) is 0. The van der Waals surface area contributed by atoms with E-state index in [2.05, 4.69) is 34.1 Å². The summed E-state index contributed by atoms with van der Waals surface area (Å²) in [5, 5.41) is 3.31. The molecular weight excluding hydrogens is 322 g/mol. The molecule has 1 fully saturated rings. The number of amides is 1. The molecule has 128 valence electrons. The highest BCUT2D eigenvalue weighted by molar-refractivity contribution is 7.09. The van der Waals surface area contributed by atoms with Crippen LogP contribution in [0.25, 0.3) is 0 Å². The number of thiazole rings is 1. The summed E-state index contributed by atoms with van der Waals surface area (Å²) in [7, 11) is 0. The zero-order valence-electron chi connectivity index (χ0n) is 14.2. The van der Waals surface area contributed by atoms with Crippen molar-refractivity contribution in [3.05, 3.63) is 40.4 Å². The number of hydrogen-bond donors (Lipinski definition) is 0. The highest BCUT2D eigenvalue weighted by Crippen LogP contribution is 2.19. The molecule has 3 heterocycles. The zero-order valence-corrected chi connectivity index (χ0v) is 15.0. The summed E-state index contributed by atoms with van der Waals surface area (Å²) in [5.74, 6) is 0.445. The van der Waals surface area contributed by atoms with Crippen molar-refractivity contribution in [1.82, 2.24) is 24.8 Å². The quantitative estimate of drug-likeness (QED) is 0.851. The third-order valence-electron chi connectivity index (χ3n) is 4.18. The summed E-state index contributed by atoms with van der Waals surface area (Å²) >= 11 is 1.73. The molecule has 0 unspecified atom stereocenters. The van der Waals surface area contributed by atoms with Crippen molar-refractivity contribution in [1.29, 1.82) is 0 Å². The molecule has 0 aromatic carbocycles. The van der Waals surface area contributed by atoms with Gasteiger partial charge in [0.25, 0.3) is 5.91 Å². The fourth-order valence-electron chi connectivity index (χ4n) is 2.76. The van der Waals surface area contributed by atoms with E-state index < -0.39 is 0 Å².